The normalized spacial score (nSPS) is 20.5. The maximum absolute atomic E-state index is 13.4. The minimum absolute atomic E-state index is 0.000117. The quantitative estimate of drug-likeness (QED) is 0.171. The molecular weight excluding hydrogens is 616 g/mol. The zero-order valence-electron chi connectivity index (χ0n) is 22.1. The zero-order valence-corrected chi connectivity index (χ0v) is 23.7. The van der Waals surface area contributed by atoms with Gasteiger partial charge in [-0.25, -0.2) is 0 Å². The molecule has 4 aromatic rings. The molecule has 0 saturated heterocycles. The van der Waals surface area contributed by atoms with E-state index in [4.69, 9.17) is 8.47 Å². The highest BCUT2D eigenvalue weighted by Gasteiger charge is 2.59. The van der Waals surface area contributed by atoms with Crippen LogP contribution in [0.2, 0.25) is 0 Å². The highest BCUT2D eigenvalue weighted by atomic mass is 32.2. The van der Waals surface area contributed by atoms with Gasteiger partial charge in [0.2, 0.25) is 6.20 Å². The molecule has 220 valence electrons. The van der Waals surface area contributed by atoms with Crippen LogP contribution in [-0.4, -0.2) is 60.5 Å². The molecule has 4 heterocycles. The van der Waals surface area contributed by atoms with E-state index in [1.165, 1.54) is 36.7 Å². The van der Waals surface area contributed by atoms with Crippen molar-refractivity contribution in [3.05, 3.63) is 101 Å². The molecule has 2 aliphatic heterocycles. The van der Waals surface area contributed by atoms with Gasteiger partial charge in [0.15, 0.2) is 5.78 Å². The monoisotopic (exact) mass is 633 g/mol. The number of Topliss-reactive ketones (excluding diaryl/α,β-unsaturated/α-hetero) is 1. The summed E-state index contributed by atoms with van der Waals surface area (Å²) in [6, 6.07) is 15.0. The Morgan fingerprint density at radius 3 is 1.95 bits per heavy atom. The predicted octanol–water partition coefficient (Wildman–Crippen LogP) is 2.07. The minimum Gasteiger partial charge on any atom is -0.298 e. The lowest BCUT2D eigenvalue weighted by atomic mass is 9.80. The molecule has 2 amide bonds. The Bertz CT molecular complexity index is 2290. The van der Waals surface area contributed by atoms with Crippen LogP contribution in [0.3, 0.4) is 0 Å². The second-order valence-electron chi connectivity index (χ2n) is 9.96. The zero-order chi connectivity index (χ0) is 31.0. The van der Waals surface area contributed by atoms with Crippen molar-refractivity contribution in [2.75, 3.05) is 0 Å². The maximum Gasteiger partial charge on any atom is 0.339 e. The van der Waals surface area contributed by atoms with E-state index in [2.05, 4.69) is 9.97 Å². The van der Waals surface area contributed by atoms with Crippen molar-refractivity contribution in [1.29, 1.82) is 0 Å². The van der Waals surface area contributed by atoms with E-state index in [1.54, 1.807) is 36.4 Å². The highest BCUT2D eigenvalue weighted by Crippen LogP contribution is 2.44. The van der Waals surface area contributed by atoms with E-state index in [9.17, 15) is 36.1 Å². The molecule has 16 heteroatoms. The summed E-state index contributed by atoms with van der Waals surface area (Å²) in [7, 11) is -9.49. The number of nitrogens with zero attached hydrogens (tertiary/aromatic N) is 4. The predicted molar refractivity (Wildman–Crippen MR) is 148 cm³/mol. The number of pyridine rings is 2. The molecule has 2 atom stereocenters. The Morgan fingerprint density at radius 1 is 0.773 bits per heavy atom. The van der Waals surface area contributed by atoms with Crippen LogP contribution < -0.4 is 0 Å². The van der Waals surface area contributed by atoms with Gasteiger partial charge in [-0.15, -0.1) is 9.35 Å². The summed E-state index contributed by atoms with van der Waals surface area (Å²) in [5.41, 5.74) is -1.03. The number of carbonyl (C=O) groups is 3. The summed E-state index contributed by atoms with van der Waals surface area (Å²) >= 11 is 0. The first kappa shape index (κ1) is 27.8. The number of hydrogen-bond donors (Lipinski definition) is 0. The number of imide groups is 1. The van der Waals surface area contributed by atoms with Gasteiger partial charge in [-0.1, -0.05) is 36.4 Å². The number of benzene rings is 2. The van der Waals surface area contributed by atoms with Gasteiger partial charge in [0.25, 0.3) is 11.8 Å². The van der Waals surface area contributed by atoms with Crippen molar-refractivity contribution in [3.8, 4) is 0 Å². The van der Waals surface area contributed by atoms with Crippen LogP contribution in [-0.2, 0) is 43.1 Å². The number of para-hydroxylation sites is 2. The molecule has 0 radical (unpaired) electrons. The third-order valence-electron chi connectivity index (χ3n) is 7.39. The van der Waals surface area contributed by atoms with Crippen molar-refractivity contribution in [1.82, 2.24) is 15.0 Å². The van der Waals surface area contributed by atoms with Gasteiger partial charge in [-0.05, 0) is 24.3 Å². The second-order valence-corrected chi connectivity index (χ2v) is 13.0. The Morgan fingerprint density at radius 2 is 1.34 bits per heavy atom. The summed E-state index contributed by atoms with van der Waals surface area (Å²) in [5.74, 6) is -4.85. The first-order chi connectivity index (χ1) is 21.0. The molecular formula is C28H17N4O10S2+. The first-order valence-electron chi connectivity index (χ1n) is 12.9. The largest absolute Gasteiger partial charge is 0.339 e. The van der Waals surface area contributed by atoms with E-state index < -0.39 is 72.4 Å². The number of aromatic nitrogens is 2. The van der Waals surface area contributed by atoms with Crippen LogP contribution in [0.25, 0.3) is 21.8 Å². The smallest absolute Gasteiger partial charge is 0.298 e. The van der Waals surface area contributed by atoms with E-state index in [0.29, 0.717) is 10.8 Å². The summed E-state index contributed by atoms with van der Waals surface area (Å²) in [5, 5.41) is 0.934. The highest BCUT2D eigenvalue weighted by molar-refractivity contribution is 7.87. The second kappa shape index (κ2) is 9.75. The fraction of sp³-hybridized carbons (Fsp3) is 0.107. The Labute approximate surface area is 248 Å². The average molecular weight is 634 g/mol. The molecule has 1 aliphatic carbocycles. The molecule has 2 unspecified atom stereocenters. The summed E-state index contributed by atoms with van der Waals surface area (Å²) in [6.45, 7) is 0. The van der Waals surface area contributed by atoms with Crippen LogP contribution in [0, 0.1) is 10.8 Å². The number of hydrogen-bond acceptors (Lipinski definition) is 12. The van der Waals surface area contributed by atoms with Crippen LogP contribution in [0.4, 0.5) is 0 Å². The summed E-state index contributed by atoms with van der Waals surface area (Å²) in [4.78, 5) is 60.2. The topological polar surface area (TPSA) is 187 Å². The van der Waals surface area contributed by atoms with E-state index >= 15 is 0 Å². The Balaban J connectivity index is 1.19. The van der Waals surface area contributed by atoms with Gasteiger partial charge in [0, 0.05) is 40.1 Å². The van der Waals surface area contributed by atoms with Crippen LogP contribution >= 0.6 is 0 Å². The standard InChI is InChI=1S/C28H17N4O10S2/c33-19-13-17-22(27(35)32(26(17)34)42-44(39,40)21-10-2-6-16-8-4-12-30-25(16)21)18-14-31(36)28(23(18)19)41-43(37,38)20-9-1-5-15-7-3-11-29-24(15)20/h1-12,14,23,28H,13H2/q+1. The van der Waals surface area contributed by atoms with Crippen molar-refractivity contribution in [3.63, 3.8) is 0 Å². The number of ketones is 1. The SMILES string of the molecule is O=C1CC2=C(C(=O)N(OS(=O)(=O)c3cccc4cccnc34)C2=O)C2=C[N+](=O)C(OS(=O)(=O)c3cccc4cccnc34)C12. The van der Waals surface area contributed by atoms with Gasteiger partial charge >= 0.3 is 26.5 Å². The molecule has 0 N–H and O–H groups in total. The molecule has 3 aliphatic rings. The van der Waals surface area contributed by atoms with Gasteiger partial charge in [-0.3, -0.25) is 24.4 Å². The molecule has 0 saturated carbocycles. The lowest BCUT2D eigenvalue weighted by molar-refractivity contribution is -0.555. The molecule has 0 bridgehead atoms. The Kier molecular flexibility index (Phi) is 6.15. The van der Waals surface area contributed by atoms with Gasteiger partial charge in [0.1, 0.15) is 15.7 Å². The number of fused-ring (bicyclic) bond motifs is 4. The molecule has 0 spiro atoms. The van der Waals surface area contributed by atoms with Crippen LogP contribution in [0.15, 0.2) is 106 Å². The van der Waals surface area contributed by atoms with Crippen LogP contribution in [0.5, 0.6) is 0 Å². The summed E-state index contributed by atoms with van der Waals surface area (Å²) in [6.07, 6.45) is 0.857. The number of carbonyl (C=O) groups excluding carboxylic acids is 3. The van der Waals surface area contributed by atoms with Crippen molar-refractivity contribution in [2.45, 2.75) is 22.4 Å². The van der Waals surface area contributed by atoms with E-state index in [-0.39, 0.29) is 31.3 Å². The van der Waals surface area contributed by atoms with Gasteiger partial charge in [0.05, 0.1) is 26.9 Å². The van der Waals surface area contributed by atoms with E-state index in [0.717, 1.165) is 6.20 Å². The van der Waals surface area contributed by atoms with Crippen LogP contribution in [0.1, 0.15) is 6.42 Å². The van der Waals surface area contributed by atoms with Gasteiger partial charge in [-0.2, -0.15) is 21.0 Å². The fourth-order valence-corrected chi connectivity index (χ4v) is 7.76. The van der Waals surface area contributed by atoms with E-state index in [1.807, 2.05) is 0 Å². The fourth-order valence-electron chi connectivity index (χ4n) is 5.48. The minimum atomic E-state index is -4.80. The van der Waals surface area contributed by atoms with Crippen molar-refractivity contribution < 1.29 is 44.4 Å². The third kappa shape index (κ3) is 4.18. The maximum atomic E-state index is 13.4. The molecule has 2 aromatic heterocycles. The number of rotatable bonds is 6. The first-order valence-corrected chi connectivity index (χ1v) is 15.7. The lowest BCUT2D eigenvalue weighted by Gasteiger charge is -2.19. The third-order valence-corrected chi connectivity index (χ3v) is 9.93. The summed E-state index contributed by atoms with van der Waals surface area (Å²) < 4.78 is 63.4. The molecule has 14 nitrogen and oxygen atoms in total. The Hall–Kier alpha value is -5.03. The molecule has 7 rings (SSSR count). The average Bonchev–Trinajstić information content (AvgIpc) is 3.44. The molecule has 44 heavy (non-hydrogen) atoms. The lowest BCUT2D eigenvalue weighted by Crippen LogP contribution is -2.37. The molecule has 2 aromatic carbocycles. The van der Waals surface area contributed by atoms with Crippen molar-refractivity contribution >= 4 is 59.6 Å². The van der Waals surface area contributed by atoms with Crippen molar-refractivity contribution in [2.24, 2.45) is 5.92 Å². The van der Waals surface area contributed by atoms with Gasteiger partial charge < -0.3 is 0 Å². The molecule has 0 fully saturated rings. The number of nitroso groups, excluding NO2 is 1. The number of hydroxylamine groups is 2. The number of amides is 2.